The average Bonchev–Trinajstić information content (AvgIpc) is 2.18. The van der Waals surface area contributed by atoms with Crippen molar-refractivity contribution in [2.75, 3.05) is 6.61 Å². The second-order valence-corrected chi connectivity index (χ2v) is 2.53. The standard InChI is InChI=1S/C10H11NO2/c1-2-13-10-5-8(7-12)3-4-9(10)6-11/h3-5,12H,2,7H2,1H3. The first kappa shape index (κ1) is 9.56. The fourth-order valence-corrected chi connectivity index (χ4v) is 1.03. The van der Waals surface area contributed by atoms with Crippen LogP contribution in [-0.4, -0.2) is 11.7 Å². The predicted octanol–water partition coefficient (Wildman–Crippen LogP) is 1.45. The van der Waals surface area contributed by atoms with Crippen LogP contribution in [0.5, 0.6) is 5.75 Å². The van der Waals surface area contributed by atoms with Gasteiger partial charge < -0.3 is 9.84 Å². The van der Waals surface area contributed by atoms with E-state index in [1.54, 1.807) is 18.2 Å². The van der Waals surface area contributed by atoms with Crippen molar-refractivity contribution in [3.8, 4) is 11.8 Å². The van der Waals surface area contributed by atoms with Crippen LogP contribution in [0.2, 0.25) is 0 Å². The van der Waals surface area contributed by atoms with Gasteiger partial charge in [-0.3, -0.25) is 0 Å². The SMILES string of the molecule is CCOc1cc(CO)ccc1C#N. The molecule has 0 saturated heterocycles. The Hall–Kier alpha value is -1.53. The van der Waals surface area contributed by atoms with Gasteiger partial charge in [0, 0.05) is 0 Å². The van der Waals surface area contributed by atoms with Crippen LogP contribution < -0.4 is 4.74 Å². The maximum Gasteiger partial charge on any atom is 0.137 e. The molecule has 0 aliphatic heterocycles. The number of hydrogen-bond acceptors (Lipinski definition) is 3. The highest BCUT2D eigenvalue weighted by molar-refractivity contribution is 5.45. The lowest BCUT2D eigenvalue weighted by molar-refractivity contribution is 0.280. The number of aliphatic hydroxyl groups excluding tert-OH is 1. The predicted molar refractivity (Wildman–Crippen MR) is 48.2 cm³/mol. The molecule has 0 bridgehead atoms. The van der Waals surface area contributed by atoms with Gasteiger partial charge in [-0.25, -0.2) is 0 Å². The summed E-state index contributed by atoms with van der Waals surface area (Å²) in [6, 6.07) is 7.07. The highest BCUT2D eigenvalue weighted by Crippen LogP contribution is 2.19. The summed E-state index contributed by atoms with van der Waals surface area (Å²) in [7, 11) is 0. The van der Waals surface area contributed by atoms with E-state index in [1.807, 2.05) is 13.0 Å². The normalized spacial score (nSPS) is 9.31. The molecule has 0 amide bonds. The van der Waals surface area contributed by atoms with Crippen molar-refractivity contribution in [3.63, 3.8) is 0 Å². The summed E-state index contributed by atoms with van der Waals surface area (Å²) in [4.78, 5) is 0. The summed E-state index contributed by atoms with van der Waals surface area (Å²) in [5, 5.41) is 17.6. The van der Waals surface area contributed by atoms with Crippen molar-refractivity contribution in [1.29, 1.82) is 5.26 Å². The average molecular weight is 177 g/mol. The van der Waals surface area contributed by atoms with Gasteiger partial charge in [-0.05, 0) is 24.6 Å². The number of benzene rings is 1. The van der Waals surface area contributed by atoms with Crippen molar-refractivity contribution >= 4 is 0 Å². The second-order valence-electron chi connectivity index (χ2n) is 2.53. The first-order chi connectivity index (χ1) is 6.31. The quantitative estimate of drug-likeness (QED) is 0.760. The molecule has 13 heavy (non-hydrogen) atoms. The Kier molecular flexibility index (Phi) is 3.30. The van der Waals surface area contributed by atoms with Gasteiger partial charge in [0.15, 0.2) is 0 Å². The maximum atomic E-state index is 8.86. The summed E-state index contributed by atoms with van der Waals surface area (Å²) >= 11 is 0. The second kappa shape index (κ2) is 4.48. The molecule has 0 aliphatic carbocycles. The van der Waals surface area contributed by atoms with Crippen molar-refractivity contribution in [3.05, 3.63) is 29.3 Å². The molecular formula is C10H11NO2. The lowest BCUT2D eigenvalue weighted by atomic mass is 10.1. The highest BCUT2D eigenvalue weighted by atomic mass is 16.5. The monoisotopic (exact) mass is 177 g/mol. The fourth-order valence-electron chi connectivity index (χ4n) is 1.03. The molecule has 0 fully saturated rings. The molecule has 0 saturated carbocycles. The molecule has 1 N–H and O–H groups in total. The fraction of sp³-hybridized carbons (Fsp3) is 0.300. The Bertz CT molecular complexity index is 328. The molecule has 1 rings (SSSR count). The van der Waals surface area contributed by atoms with Crippen molar-refractivity contribution in [2.45, 2.75) is 13.5 Å². The van der Waals surface area contributed by atoms with E-state index >= 15 is 0 Å². The van der Waals surface area contributed by atoms with Crippen LogP contribution in [-0.2, 0) is 6.61 Å². The Morgan fingerprint density at radius 3 is 2.85 bits per heavy atom. The Morgan fingerprint density at radius 2 is 2.31 bits per heavy atom. The van der Waals surface area contributed by atoms with Crippen LogP contribution in [0.4, 0.5) is 0 Å². The number of rotatable bonds is 3. The van der Waals surface area contributed by atoms with Gasteiger partial charge in [-0.1, -0.05) is 6.07 Å². The van der Waals surface area contributed by atoms with E-state index in [1.165, 1.54) is 0 Å². The molecule has 0 radical (unpaired) electrons. The van der Waals surface area contributed by atoms with Gasteiger partial charge >= 0.3 is 0 Å². The zero-order chi connectivity index (χ0) is 9.68. The summed E-state index contributed by atoms with van der Waals surface area (Å²) < 4.78 is 5.24. The molecular weight excluding hydrogens is 166 g/mol. The minimum Gasteiger partial charge on any atom is -0.492 e. The van der Waals surface area contributed by atoms with Crippen molar-refractivity contribution in [2.24, 2.45) is 0 Å². The van der Waals surface area contributed by atoms with Gasteiger partial charge in [-0.2, -0.15) is 5.26 Å². The molecule has 68 valence electrons. The van der Waals surface area contributed by atoms with Crippen LogP contribution in [0.15, 0.2) is 18.2 Å². The van der Waals surface area contributed by atoms with E-state index in [2.05, 4.69) is 0 Å². The summed E-state index contributed by atoms with van der Waals surface area (Å²) in [5.41, 5.74) is 1.25. The largest absolute Gasteiger partial charge is 0.492 e. The molecule has 1 aromatic rings. The maximum absolute atomic E-state index is 8.86. The lowest BCUT2D eigenvalue weighted by Crippen LogP contribution is -1.95. The molecule has 0 aromatic heterocycles. The minimum atomic E-state index is -0.0359. The summed E-state index contributed by atoms with van der Waals surface area (Å²) in [6.07, 6.45) is 0. The molecule has 1 aromatic carbocycles. The number of ether oxygens (including phenoxy) is 1. The Balaban J connectivity index is 3.04. The summed E-state index contributed by atoms with van der Waals surface area (Å²) in [5.74, 6) is 0.538. The van der Waals surface area contributed by atoms with Crippen molar-refractivity contribution < 1.29 is 9.84 Å². The van der Waals surface area contributed by atoms with Gasteiger partial charge in [0.1, 0.15) is 11.8 Å². The molecule has 0 atom stereocenters. The zero-order valence-corrected chi connectivity index (χ0v) is 7.45. The molecule has 0 heterocycles. The number of aliphatic hydroxyl groups is 1. The van der Waals surface area contributed by atoms with Gasteiger partial charge in [0.2, 0.25) is 0 Å². The molecule has 3 heteroatoms. The molecule has 0 spiro atoms. The van der Waals surface area contributed by atoms with E-state index in [0.29, 0.717) is 17.9 Å². The first-order valence-electron chi connectivity index (χ1n) is 4.08. The molecule has 0 unspecified atom stereocenters. The van der Waals surface area contributed by atoms with E-state index in [4.69, 9.17) is 15.1 Å². The van der Waals surface area contributed by atoms with Crippen LogP contribution >= 0.6 is 0 Å². The van der Waals surface area contributed by atoms with Crippen LogP contribution in [0.25, 0.3) is 0 Å². The Morgan fingerprint density at radius 1 is 1.54 bits per heavy atom. The number of nitriles is 1. The van der Waals surface area contributed by atoms with Crippen LogP contribution in [0.3, 0.4) is 0 Å². The third-order valence-corrected chi connectivity index (χ3v) is 1.65. The van der Waals surface area contributed by atoms with Crippen LogP contribution in [0, 0.1) is 11.3 Å². The van der Waals surface area contributed by atoms with Crippen LogP contribution in [0.1, 0.15) is 18.1 Å². The third kappa shape index (κ3) is 2.20. The Labute approximate surface area is 77.2 Å². The van der Waals surface area contributed by atoms with Crippen molar-refractivity contribution in [1.82, 2.24) is 0 Å². The smallest absolute Gasteiger partial charge is 0.137 e. The minimum absolute atomic E-state index is 0.0359. The van der Waals surface area contributed by atoms with E-state index in [-0.39, 0.29) is 6.61 Å². The lowest BCUT2D eigenvalue weighted by Gasteiger charge is -2.06. The van der Waals surface area contributed by atoms with Gasteiger partial charge in [-0.15, -0.1) is 0 Å². The number of hydrogen-bond donors (Lipinski definition) is 1. The summed E-state index contributed by atoms with van der Waals surface area (Å²) in [6.45, 7) is 2.34. The molecule has 3 nitrogen and oxygen atoms in total. The van der Waals surface area contributed by atoms with E-state index in [0.717, 1.165) is 5.56 Å². The van der Waals surface area contributed by atoms with E-state index < -0.39 is 0 Å². The van der Waals surface area contributed by atoms with Gasteiger partial charge in [0.05, 0.1) is 18.8 Å². The van der Waals surface area contributed by atoms with Gasteiger partial charge in [0.25, 0.3) is 0 Å². The zero-order valence-electron chi connectivity index (χ0n) is 7.45. The first-order valence-corrected chi connectivity index (χ1v) is 4.08. The topological polar surface area (TPSA) is 53.2 Å². The molecule has 0 aliphatic rings. The third-order valence-electron chi connectivity index (χ3n) is 1.65. The highest BCUT2D eigenvalue weighted by Gasteiger charge is 2.03. The van der Waals surface area contributed by atoms with E-state index in [9.17, 15) is 0 Å². The number of nitrogens with zero attached hydrogens (tertiary/aromatic N) is 1.